The highest BCUT2D eigenvalue weighted by molar-refractivity contribution is 6.43. The first-order valence-corrected chi connectivity index (χ1v) is 9.05. The van der Waals surface area contributed by atoms with Crippen LogP contribution in [0, 0.1) is 0 Å². The van der Waals surface area contributed by atoms with Crippen LogP contribution in [0.3, 0.4) is 0 Å². The highest BCUT2D eigenvalue weighted by Crippen LogP contribution is 2.25. The van der Waals surface area contributed by atoms with Crippen LogP contribution in [0.5, 0.6) is 0 Å². The first-order chi connectivity index (χ1) is 12.5. The third-order valence-electron chi connectivity index (χ3n) is 4.31. The molecule has 0 aromatic heterocycles. The quantitative estimate of drug-likeness (QED) is 0.733. The van der Waals surface area contributed by atoms with Crippen molar-refractivity contribution in [2.45, 2.75) is 32.6 Å². The summed E-state index contributed by atoms with van der Waals surface area (Å²) in [4.78, 5) is 24.6. The molecule has 0 saturated heterocycles. The van der Waals surface area contributed by atoms with Gasteiger partial charge in [0.25, 0.3) is 5.91 Å². The zero-order valence-corrected chi connectivity index (χ0v) is 15.7. The fourth-order valence-electron chi connectivity index (χ4n) is 2.82. The smallest absolute Gasteiger partial charge is 0.253 e. The Morgan fingerprint density at radius 3 is 2.73 bits per heavy atom. The molecule has 7 heteroatoms. The van der Waals surface area contributed by atoms with Crippen LogP contribution in [0.25, 0.3) is 0 Å². The van der Waals surface area contributed by atoms with Gasteiger partial charge in [-0.25, -0.2) is 0 Å². The van der Waals surface area contributed by atoms with Crippen LogP contribution in [-0.2, 0) is 24.4 Å². The molecule has 2 aromatic carbocycles. The van der Waals surface area contributed by atoms with Gasteiger partial charge >= 0.3 is 0 Å². The first kappa shape index (κ1) is 18.7. The van der Waals surface area contributed by atoms with E-state index in [4.69, 9.17) is 23.2 Å². The maximum Gasteiger partial charge on any atom is 0.253 e. The van der Waals surface area contributed by atoms with E-state index in [0.717, 1.165) is 18.7 Å². The number of hydrogen-bond donors (Lipinski definition) is 3. The van der Waals surface area contributed by atoms with Crippen molar-refractivity contribution in [3.63, 3.8) is 0 Å². The highest BCUT2D eigenvalue weighted by Gasteiger charge is 2.19. The minimum atomic E-state index is -0.700. The van der Waals surface area contributed by atoms with E-state index in [1.807, 2.05) is 6.07 Å². The molecule has 0 bridgehead atoms. The number of benzene rings is 2. The number of hydrogen-bond acceptors (Lipinski definition) is 3. The molecule has 3 rings (SSSR count). The lowest BCUT2D eigenvalue weighted by Gasteiger charge is -2.15. The molecule has 1 heterocycles. The lowest BCUT2D eigenvalue weighted by molar-refractivity contribution is -0.122. The second-order valence-electron chi connectivity index (χ2n) is 6.22. The standard InChI is InChI=1S/C19H19Cl2N3O2/c1-11(24-19(26)15-3-2-4-16(20)17(15)21)18(25)23-8-12-5-6-13-9-22-10-14(13)7-12/h2-7,11,22H,8-10H2,1H3,(H,23,25)(H,24,26). The van der Waals surface area contributed by atoms with Gasteiger partial charge in [0, 0.05) is 19.6 Å². The summed E-state index contributed by atoms with van der Waals surface area (Å²) in [6, 6.07) is 10.3. The van der Waals surface area contributed by atoms with Crippen molar-refractivity contribution in [1.82, 2.24) is 16.0 Å². The van der Waals surface area contributed by atoms with Crippen LogP contribution in [0.15, 0.2) is 36.4 Å². The van der Waals surface area contributed by atoms with Gasteiger partial charge in [-0.1, -0.05) is 47.5 Å². The molecule has 0 radical (unpaired) electrons. The van der Waals surface area contributed by atoms with Gasteiger partial charge in [0.15, 0.2) is 0 Å². The van der Waals surface area contributed by atoms with Crippen molar-refractivity contribution in [1.29, 1.82) is 0 Å². The Hall–Kier alpha value is -2.08. The minimum absolute atomic E-state index is 0.172. The van der Waals surface area contributed by atoms with E-state index in [-0.39, 0.29) is 16.5 Å². The van der Waals surface area contributed by atoms with E-state index in [0.29, 0.717) is 11.6 Å². The van der Waals surface area contributed by atoms with Gasteiger partial charge in [-0.05, 0) is 35.7 Å². The lowest BCUT2D eigenvalue weighted by atomic mass is 10.1. The summed E-state index contributed by atoms with van der Waals surface area (Å²) < 4.78 is 0. The third kappa shape index (κ3) is 4.18. The maximum absolute atomic E-state index is 12.3. The topological polar surface area (TPSA) is 70.2 Å². The first-order valence-electron chi connectivity index (χ1n) is 8.29. The summed E-state index contributed by atoms with van der Waals surface area (Å²) in [5, 5.41) is 9.23. The molecule has 0 aliphatic carbocycles. The van der Waals surface area contributed by atoms with Gasteiger partial charge in [0.05, 0.1) is 15.6 Å². The molecule has 2 amide bonds. The molecule has 26 heavy (non-hydrogen) atoms. The van der Waals surface area contributed by atoms with Gasteiger partial charge in [-0.3, -0.25) is 9.59 Å². The number of amides is 2. The molecular formula is C19H19Cl2N3O2. The molecule has 0 spiro atoms. The highest BCUT2D eigenvalue weighted by atomic mass is 35.5. The normalized spacial score (nSPS) is 13.8. The summed E-state index contributed by atoms with van der Waals surface area (Å²) >= 11 is 12.0. The second-order valence-corrected chi connectivity index (χ2v) is 7.01. The molecule has 1 aliphatic rings. The SMILES string of the molecule is CC(NC(=O)c1cccc(Cl)c1Cl)C(=O)NCc1ccc2c(c1)CNC2. The number of carbonyl (C=O) groups is 2. The molecule has 0 saturated carbocycles. The van der Waals surface area contributed by atoms with Gasteiger partial charge in [0.1, 0.15) is 6.04 Å². The zero-order valence-electron chi connectivity index (χ0n) is 14.2. The number of fused-ring (bicyclic) bond motifs is 1. The van der Waals surface area contributed by atoms with Crippen molar-refractivity contribution >= 4 is 35.0 Å². The van der Waals surface area contributed by atoms with Crippen LogP contribution >= 0.6 is 23.2 Å². The Kier molecular flexibility index (Phi) is 5.81. The van der Waals surface area contributed by atoms with Crippen LogP contribution in [0.2, 0.25) is 10.0 Å². The van der Waals surface area contributed by atoms with E-state index >= 15 is 0 Å². The summed E-state index contributed by atoms with van der Waals surface area (Å²) in [6.45, 7) is 3.77. The summed E-state index contributed by atoms with van der Waals surface area (Å²) in [6.07, 6.45) is 0. The number of halogens is 2. The van der Waals surface area contributed by atoms with Crippen molar-refractivity contribution in [3.8, 4) is 0 Å². The lowest BCUT2D eigenvalue weighted by Crippen LogP contribution is -2.44. The van der Waals surface area contributed by atoms with Crippen LogP contribution in [0.1, 0.15) is 34.0 Å². The summed E-state index contributed by atoms with van der Waals surface area (Å²) in [5.41, 5.74) is 3.81. The molecule has 1 unspecified atom stereocenters. The van der Waals surface area contributed by atoms with E-state index in [9.17, 15) is 9.59 Å². The van der Waals surface area contributed by atoms with Crippen molar-refractivity contribution in [2.75, 3.05) is 0 Å². The number of nitrogens with one attached hydrogen (secondary N) is 3. The van der Waals surface area contributed by atoms with Crippen LogP contribution < -0.4 is 16.0 Å². The Labute approximate surface area is 162 Å². The van der Waals surface area contributed by atoms with Crippen molar-refractivity contribution in [3.05, 3.63) is 68.7 Å². The van der Waals surface area contributed by atoms with Crippen LogP contribution in [0.4, 0.5) is 0 Å². The molecule has 1 atom stereocenters. The number of carbonyl (C=O) groups excluding carboxylic acids is 2. The molecule has 5 nitrogen and oxygen atoms in total. The molecule has 1 aliphatic heterocycles. The largest absolute Gasteiger partial charge is 0.350 e. The number of rotatable bonds is 5. The van der Waals surface area contributed by atoms with Gasteiger partial charge in [0.2, 0.25) is 5.91 Å². The average Bonchev–Trinajstić information content (AvgIpc) is 3.09. The molecular weight excluding hydrogens is 373 g/mol. The summed E-state index contributed by atoms with van der Waals surface area (Å²) in [5.74, 6) is -0.709. The maximum atomic E-state index is 12.3. The fraction of sp³-hybridized carbons (Fsp3) is 0.263. The van der Waals surface area contributed by atoms with Gasteiger partial charge < -0.3 is 16.0 Å². The average molecular weight is 392 g/mol. The molecule has 2 aromatic rings. The van der Waals surface area contributed by atoms with Crippen molar-refractivity contribution in [2.24, 2.45) is 0 Å². The molecule has 136 valence electrons. The Bertz CT molecular complexity index is 855. The Morgan fingerprint density at radius 1 is 1.15 bits per heavy atom. The Balaban J connectivity index is 1.56. The summed E-state index contributed by atoms with van der Waals surface area (Å²) in [7, 11) is 0. The van der Waals surface area contributed by atoms with E-state index in [1.165, 1.54) is 11.1 Å². The minimum Gasteiger partial charge on any atom is -0.350 e. The fourth-order valence-corrected chi connectivity index (χ4v) is 3.21. The predicted molar refractivity (Wildman–Crippen MR) is 102 cm³/mol. The van der Waals surface area contributed by atoms with Gasteiger partial charge in [-0.15, -0.1) is 0 Å². The monoisotopic (exact) mass is 391 g/mol. The van der Waals surface area contributed by atoms with Crippen LogP contribution in [-0.4, -0.2) is 17.9 Å². The molecule has 0 fully saturated rings. The zero-order chi connectivity index (χ0) is 18.7. The Morgan fingerprint density at radius 2 is 1.92 bits per heavy atom. The second kappa shape index (κ2) is 8.08. The van der Waals surface area contributed by atoms with Gasteiger partial charge in [-0.2, -0.15) is 0 Å². The van der Waals surface area contributed by atoms with Crippen molar-refractivity contribution < 1.29 is 9.59 Å². The van der Waals surface area contributed by atoms with E-state index in [1.54, 1.807) is 25.1 Å². The molecule has 3 N–H and O–H groups in total. The predicted octanol–water partition coefficient (Wildman–Crippen LogP) is 3.03. The van der Waals surface area contributed by atoms with E-state index < -0.39 is 11.9 Å². The third-order valence-corrected chi connectivity index (χ3v) is 5.12. The van der Waals surface area contributed by atoms with E-state index in [2.05, 4.69) is 28.1 Å².